The van der Waals surface area contributed by atoms with E-state index in [4.69, 9.17) is 18.0 Å². The van der Waals surface area contributed by atoms with E-state index in [0.29, 0.717) is 24.1 Å². The maximum absolute atomic E-state index is 12.0. The number of nitrogens with one attached hydrogen (secondary N) is 3. The molecule has 8 heteroatoms. The molecular weight excluding hydrogens is 312 g/mol. The van der Waals surface area contributed by atoms with E-state index in [-0.39, 0.29) is 11.4 Å². The second kappa shape index (κ2) is 8.52. The normalized spacial score (nSPS) is 11.8. The van der Waals surface area contributed by atoms with E-state index < -0.39 is 10.0 Å². The molecule has 0 radical (unpaired) electrons. The van der Waals surface area contributed by atoms with Crippen LogP contribution >= 0.6 is 11.6 Å². The Kier molecular flexibility index (Phi) is 7.02. The molecular formula is C13H17ClN4O2S. The van der Waals surface area contributed by atoms with E-state index in [1.54, 1.807) is 19.2 Å². The first-order chi connectivity index (χ1) is 9.99. The van der Waals surface area contributed by atoms with Gasteiger partial charge in [-0.3, -0.25) is 4.99 Å². The Morgan fingerprint density at radius 1 is 1.38 bits per heavy atom. The molecule has 0 amide bonds. The minimum Gasteiger partial charge on any atom is -0.355 e. The summed E-state index contributed by atoms with van der Waals surface area (Å²) in [6.07, 6.45) is 5.12. The minimum absolute atomic E-state index is 0.129. The first-order valence-corrected chi connectivity index (χ1v) is 7.99. The van der Waals surface area contributed by atoms with E-state index >= 15 is 0 Å². The first kappa shape index (κ1) is 17.3. The van der Waals surface area contributed by atoms with Gasteiger partial charge in [0.2, 0.25) is 10.0 Å². The molecule has 1 rings (SSSR count). The summed E-state index contributed by atoms with van der Waals surface area (Å²) >= 11 is 5.78. The lowest BCUT2D eigenvalue weighted by atomic mass is 10.4. The smallest absolute Gasteiger partial charge is 0.240 e. The Bertz CT molecular complexity index is 638. The number of benzene rings is 1. The molecule has 1 aromatic carbocycles. The number of terminal acetylenes is 1. The molecule has 0 heterocycles. The summed E-state index contributed by atoms with van der Waals surface area (Å²) in [6, 6.07) is 6.07. The molecule has 0 saturated carbocycles. The molecule has 0 bridgehead atoms. The molecule has 0 atom stereocenters. The molecule has 1 aromatic rings. The molecule has 3 N–H and O–H groups in total. The van der Waals surface area contributed by atoms with Crippen molar-refractivity contribution in [2.24, 2.45) is 4.99 Å². The van der Waals surface area contributed by atoms with Gasteiger partial charge < -0.3 is 10.6 Å². The van der Waals surface area contributed by atoms with Crippen molar-refractivity contribution in [1.29, 1.82) is 0 Å². The van der Waals surface area contributed by atoms with E-state index in [1.807, 2.05) is 0 Å². The van der Waals surface area contributed by atoms with Crippen LogP contribution in [0.1, 0.15) is 0 Å². The van der Waals surface area contributed by atoms with Crippen molar-refractivity contribution in [3.05, 3.63) is 29.3 Å². The van der Waals surface area contributed by atoms with Gasteiger partial charge in [0, 0.05) is 25.2 Å². The maximum atomic E-state index is 12.0. The van der Waals surface area contributed by atoms with Gasteiger partial charge in [-0.05, 0) is 18.2 Å². The van der Waals surface area contributed by atoms with Crippen LogP contribution in [0.25, 0.3) is 0 Å². The summed E-state index contributed by atoms with van der Waals surface area (Å²) in [5, 5.41) is 6.16. The number of hydrogen-bond donors (Lipinski definition) is 3. The van der Waals surface area contributed by atoms with Crippen LogP contribution in [0.3, 0.4) is 0 Å². The van der Waals surface area contributed by atoms with Crippen molar-refractivity contribution in [2.45, 2.75) is 4.90 Å². The lowest BCUT2D eigenvalue weighted by molar-refractivity contribution is 0.580. The quantitative estimate of drug-likeness (QED) is 0.306. The zero-order chi connectivity index (χ0) is 15.7. The van der Waals surface area contributed by atoms with Crippen LogP contribution in [0, 0.1) is 12.3 Å². The number of hydrogen-bond acceptors (Lipinski definition) is 3. The third kappa shape index (κ3) is 6.04. The van der Waals surface area contributed by atoms with Crippen LogP contribution in [0.15, 0.2) is 34.2 Å². The minimum atomic E-state index is -3.57. The summed E-state index contributed by atoms with van der Waals surface area (Å²) in [6.45, 7) is 0.906. The van der Waals surface area contributed by atoms with Crippen LogP contribution in [0.4, 0.5) is 0 Å². The van der Waals surface area contributed by atoms with Gasteiger partial charge in [0.15, 0.2) is 5.96 Å². The summed E-state index contributed by atoms with van der Waals surface area (Å²) < 4.78 is 26.5. The molecule has 0 saturated heterocycles. The molecule has 0 aliphatic rings. The van der Waals surface area contributed by atoms with Crippen molar-refractivity contribution in [3.8, 4) is 12.3 Å². The summed E-state index contributed by atoms with van der Waals surface area (Å²) in [5.74, 6) is 2.93. The second-order valence-electron chi connectivity index (χ2n) is 3.91. The van der Waals surface area contributed by atoms with Crippen LogP contribution in [-0.4, -0.2) is 41.1 Å². The van der Waals surface area contributed by atoms with Crippen LogP contribution in [-0.2, 0) is 10.0 Å². The Morgan fingerprint density at radius 3 is 2.76 bits per heavy atom. The number of rotatable bonds is 6. The van der Waals surface area contributed by atoms with Crippen LogP contribution in [0.5, 0.6) is 0 Å². The molecule has 0 aromatic heterocycles. The van der Waals surface area contributed by atoms with Gasteiger partial charge in [-0.2, -0.15) is 0 Å². The predicted molar refractivity (Wildman–Crippen MR) is 84.8 cm³/mol. The number of halogens is 1. The summed E-state index contributed by atoms with van der Waals surface area (Å²) in [4.78, 5) is 4.06. The summed E-state index contributed by atoms with van der Waals surface area (Å²) in [7, 11) is -1.97. The average molecular weight is 329 g/mol. The fourth-order valence-electron chi connectivity index (χ4n) is 1.44. The Labute approximate surface area is 130 Å². The zero-order valence-corrected chi connectivity index (χ0v) is 13.1. The van der Waals surface area contributed by atoms with Gasteiger partial charge in [-0.1, -0.05) is 23.6 Å². The van der Waals surface area contributed by atoms with E-state index in [2.05, 4.69) is 26.3 Å². The Hall–Kier alpha value is -1.75. The van der Waals surface area contributed by atoms with Crippen molar-refractivity contribution < 1.29 is 8.42 Å². The second-order valence-corrected chi connectivity index (χ2v) is 6.12. The molecule has 21 heavy (non-hydrogen) atoms. The monoisotopic (exact) mass is 328 g/mol. The molecule has 0 aliphatic heterocycles. The first-order valence-electron chi connectivity index (χ1n) is 6.13. The fourth-order valence-corrected chi connectivity index (χ4v) is 2.77. The van der Waals surface area contributed by atoms with Crippen molar-refractivity contribution in [3.63, 3.8) is 0 Å². The number of nitrogens with zero attached hydrogens (tertiary/aromatic N) is 1. The molecule has 0 unspecified atom stereocenters. The van der Waals surface area contributed by atoms with Gasteiger partial charge in [0.1, 0.15) is 0 Å². The lowest BCUT2D eigenvalue weighted by Crippen LogP contribution is -2.41. The standard InChI is InChI=1S/C13H17ClN4O2S/c1-3-7-16-13(15-2)17-8-9-18-21(19,20)12-6-4-5-11(14)10-12/h1,4-6,10,18H,7-9H2,2H3,(H2,15,16,17). The van der Waals surface area contributed by atoms with Gasteiger partial charge in [0.05, 0.1) is 11.4 Å². The van der Waals surface area contributed by atoms with Gasteiger partial charge in [-0.15, -0.1) is 6.42 Å². The fraction of sp³-hybridized carbons (Fsp3) is 0.308. The predicted octanol–water partition coefficient (Wildman–Crippen LogP) is 0.417. The molecule has 0 fully saturated rings. The molecule has 0 spiro atoms. The molecule has 0 aliphatic carbocycles. The average Bonchev–Trinajstić information content (AvgIpc) is 2.46. The van der Waals surface area contributed by atoms with Gasteiger partial charge in [-0.25, -0.2) is 13.1 Å². The Morgan fingerprint density at radius 2 is 2.14 bits per heavy atom. The van der Waals surface area contributed by atoms with Crippen LogP contribution < -0.4 is 15.4 Å². The van der Waals surface area contributed by atoms with Crippen LogP contribution in [0.2, 0.25) is 5.02 Å². The number of aliphatic imine (C=N–C) groups is 1. The highest BCUT2D eigenvalue weighted by atomic mass is 35.5. The topological polar surface area (TPSA) is 82.6 Å². The summed E-state index contributed by atoms with van der Waals surface area (Å²) in [5.41, 5.74) is 0. The highest BCUT2D eigenvalue weighted by molar-refractivity contribution is 7.89. The van der Waals surface area contributed by atoms with Gasteiger partial charge >= 0.3 is 0 Å². The van der Waals surface area contributed by atoms with E-state index in [9.17, 15) is 8.42 Å². The van der Waals surface area contributed by atoms with E-state index in [1.165, 1.54) is 12.1 Å². The highest BCUT2D eigenvalue weighted by Gasteiger charge is 2.13. The number of sulfonamides is 1. The molecule has 6 nitrogen and oxygen atoms in total. The SMILES string of the molecule is C#CCNC(=NC)NCCNS(=O)(=O)c1cccc(Cl)c1. The molecule has 114 valence electrons. The van der Waals surface area contributed by atoms with Crippen molar-refractivity contribution in [2.75, 3.05) is 26.7 Å². The highest BCUT2D eigenvalue weighted by Crippen LogP contribution is 2.14. The largest absolute Gasteiger partial charge is 0.355 e. The zero-order valence-electron chi connectivity index (χ0n) is 11.6. The number of guanidine groups is 1. The van der Waals surface area contributed by atoms with E-state index in [0.717, 1.165) is 0 Å². The Balaban J connectivity index is 2.47. The third-order valence-electron chi connectivity index (χ3n) is 2.40. The maximum Gasteiger partial charge on any atom is 0.240 e. The van der Waals surface area contributed by atoms with Crippen molar-refractivity contribution >= 4 is 27.6 Å². The third-order valence-corrected chi connectivity index (χ3v) is 4.09. The lowest BCUT2D eigenvalue weighted by Gasteiger charge is -2.11. The van der Waals surface area contributed by atoms with Gasteiger partial charge in [0.25, 0.3) is 0 Å². The van der Waals surface area contributed by atoms with Crippen molar-refractivity contribution in [1.82, 2.24) is 15.4 Å².